The Hall–Kier alpha value is -2.13. The second-order valence-corrected chi connectivity index (χ2v) is 5.39. The zero-order valence-electron chi connectivity index (χ0n) is 9.89. The van der Waals surface area contributed by atoms with Gasteiger partial charge in [0, 0.05) is 4.47 Å². The number of carbonyl (C=O) groups excluding carboxylic acids is 1. The number of carbonyl (C=O) groups is 1. The van der Waals surface area contributed by atoms with Crippen molar-refractivity contribution in [2.24, 2.45) is 0 Å². The molecule has 3 rings (SSSR count). The van der Waals surface area contributed by atoms with Crippen LogP contribution in [0.1, 0.15) is 10.5 Å². The molecule has 1 amide bonds. The third-order valence-electron chi connectivity index (χ3n) is 2.41. The molecule has 3 aromatic rings. The molecule has 1 aromatic carbocycles. The van der Waals surface area contributed by atoms with Crippen molar-refractivity contribution in [1.82, 2.24) is 25.2 Å². The zero-order chi connectivity index (χ0) is 13.9. The Morgan fingerprint density at radius 1 is 1.30 bits per heavy atom. The van der Waals surface area contributed by atoms with Gasteiger partial charge in [0.15, 0.2) is 5.69 Å². The van der Waals surface area contributed by atoms with Gasteiger partial charge in [-0.15, -0.1) is 15.3 Å². The van der Waals surface area contributed by atoms with Crippen LogP contribution in [0.25, 0.3) is 5.69 Å². The van der Waals surface area contributed by atoms with Gasteiger partial charge in [-0.2, -0.15) is 0 Å². The summed E-state index contributed by atoms with van der Waals surface area (Å²) < 4.78 is 2.39. The molecule has 0 saturated heterocycles. The Bertz CT molecular complexity index is 741. The number of para-hydroxylation sites is 1. The van der Waals surface area contributed by atoms with Crippen LogP contribution in [0, 0.1) is 0 Å². The van der Waals surface area contributed by atoms with Gasteiger partial charge >= 0.3 is 0 Å². The standard InChI is InChI=1S/C11H7BrN6OS/c12-7-3-1-2-4-9(7)18-5-8(15-17-18)10(19)14-11-16-13-6-20-11/h1-6H,(H,14,16,19). The lowest BCUT2D eigenvalue weighted by Gasteiger charge is -2.01. The summed E-state index contributed by atoms with van der Waals surface area (Å²) in [6.07, 6.45) is 1.55. The highest BCUT2D eigenvalue weighted by molar-refractivity contribution is 9.10. The van der Waals surface area contributed by atoms with Crippen LogP contribution in [0.2, 0.25) is 0 Å². The summed E-state index contributed by atoms with van der Waals surface area (Å²) in [5, 5.41) is 18.2. The largest absolute Gasteiger partial charge is 0.295 e. The van der Waals surface area contributed by atoms with Crippen molar-refractivity contribution in [2.75, 3.05) is 5.32 Å². The number of hydrogen-bond acceptors (Lipinski definition) is 6. The molecule has 0 saturated carbocycles. The first kappa shape index (κ1) is 12.9. The van der Waals surface area contributed by atoms with Gasteiger partial charge in [0.25, 0.3) is 5.91 Å². The molecular weight excluding hydrogens is 344 g/mol. The average molecular weight is 351 g/mol. The van der Waals surface area contributed by atoms with E-state index >= 15 is 0 Å². The molecule has 0 atom stereocenters. The van der Waals surface area contributed by atoms with E-state index in [-0.39, 0.29) is 11.6 Å². The van der Waals surface area contributed by atoms with Gasteiger partial charge < -0.3 is 0 Å². The van der Waals surface area contributed by atoms with Crippen molar-refractivity contribution in [3.8, 4) is 5.69 Å². The number of anilines is 1. The molecule has 20 heavy (non-hydrogen) atoms. The Morgan fingerprint density at radius 2 is 2.15 bits per heavy atom. The van der Waals surface area contributed by atoms with Crippen LogP contribution >= 0.6 is 27.3 Å². The number of hydrogen-bond donors (Lipinski definition) is 1. The number of nitrogens with one attached hydrogen (secondary N) is 1. The van der Waals surface area contributed by atoms with Gasteiger partial charge in [-0.05, 0) is 28.1 Å². The maximum atomic E-state index is 11.9. The highest BCUT2D eigenvalue weighted by Crippen LogP contribution is 2.19. The fraction of sp³-hybridized carbons (Fsp3) is 0. The molecule has 0 spiro atoms. The molecule has 0 bridgehead atoms. The van der Waals surface area contributed by atoms with E-state index in [1.807, 2.05) is 24.3 Å². The summed E-state index contributed by atoms with van der Waals surface area (Å²) in [5.41, 5.74) is 2.54. The summed E-state index contributed by atoms with van der Waals surface area (Å²) in [6.45, 7) is 0. The lowest BCUT2D eigenvalue weighted by atomic mass is 10.3. The molecule has 7 nitrogen and oxygen atoms in total. The first-order chi connectivity index (χ1) is 9.74. The van der Waals surface area contributed by atoms with E-state index in [1.54, 1.807) is 6.20 Å². The maximum absolute atomic E-state index is 11.9. The lowest BCUT2D eigenvalue weighted by Crippen LogP contribution is -2.12. The molecule has 0 aliphatic carbocycles. The number of nitrogens with zero attached hydrogens (tertiary/aromatic N) is 5. The summed E-state index contributed by atoms with van der Waals surface area (Å²) in [7, 11) is 0. The molecule has 0 aliphatic heterocycles. The molecule has 0 radical (unpaired) electrons. The molecule has 0 unspecified atom stereocenters. The number of benzene rings is 1. The topological polar surface area (TPSA) is 85.6 Å². The minimum Gasteiger partial charge on any atom is -0.295 e. The lowest BCUT2D eigenvalue weighted by molar-refractivity contribution is 0.102. The van der Waals surface area contributed by atoms with Crippen molar-refractivity contribution in [1.29, 1.82) is 0 Å². The van der Waals surface area contributed by atoms with Crippen molar-refractivity contribution in [3.63, 3.8) is 0 Å². The van der Waals surface area contributed by atoms with Gasteiger partial charge in [-0.3, -0.25) is 10.1 Å². The van der Waals surface area contributed by atoms with E-state index in [9.17, 15) is 4.79 Å². The molecule has 2 heterocycles. The van der Waals surface area contributed by atoms with Gasteiger partial charge in [0.2, 0.25) is 5.13 Å². The van der Waals surface area contributed by atoms with Gasteiger partial charge in [0.05, 0.1) is 11.9 Å². The molecule has 0 aliphatic rings. The second kappa shape index (κ2) is 5.47. The predicted molar refractivity (Wildman–Crippen MR) is 76.9 cm³/mol. The van der Waals surface area contributed by atoms with Crippen molar-refractivity contribution in [2.45, 2.75) is 0 Å². The Kier molecular flexibility index (Phi) is 3.52. The molecule has 9 heteroatoms. The highest BCUT2D eigenvalue weighted by Gasteiger charge is 2.13. The normalized spacial score (nSPS) is 10.4. The predicted octanol–water partition coefficient (Wildman–Crippen LogP) is 2.13. The van der Waals surface area contributed by atoms with Gasteiger partial charge in [-0.1, -0.05) is 28.7 Å². The molecule has 0 fully saturated rings. The molecule has 2 aromatic heterocycles. The van der Waals surface area contributed by atoms with Crippen LogP contribution in [0.5, 0.6) is 0 Å². The number of amides is 1. The summed E-state index contributed by atoms with van der Waals surface area (Å²) in [5.74, 6) is -0.375. The minimum absolute atomic E-state index is 0.205. The molecule has 1 N–H and O–H groups in total. The number of halogens is 1. The van der Waals surface area contributed by atoms with Crippen LogP contribution in [-0.2, 0) is 0 Å². The zero-order valence-corrected chi connectivity index (χ0v) is 12.3. The van der Waals surface area contributed by atoms with Crippen LogP contribution in [0.15, 0.2) is 40.4 Å². The fourth-order valence-electron chi connectivity index (χ4n) is 1.51. The first-order valence-corrected chi connectivity index (χ1v) is 7.16. The highest BCUT2D eigenvalue weighted by atomic mass is 79.9. The van der Waals surface area contributed by atoms with Gasteiger partial charge in [0.1, 0.15) is 5.51 Å². The van der Waals surface area contributed by atoms with E-state index < -0.39 is 0 Å². The van der Waals surface area contributed by atoms with Crippen LogP contribution in [0.3, 0.4) is 0 Å². The quantitative estimate of drug-likeness (QED) is 0.781. The van der Waals surface area contributed by atoms with Crippen molar-refractivity contribution < 1.29 is 4.79 Å². The summed E-state index contributed by atoms with van der Waals surface area (Å²) >= 11 is 4.66. The smallest absolute Gasteiger partial charge is 0.279 e. The Labute approximate surface area is 125 Å². The van der Waals surface area contributed by atoms with E-state index in [0.717, 1.165) is 10.2 Å². The average Bonchev–Trinajstić information content (AvgIpc) is 3.10. The first-order valence-electron chi connectivity index (χ1n) is 5.49. The third-order valence-corrected chi connectivity index (χ3v) is 3.68. The number of aromatic nitrogens is 5. The van der Waals surface area contributed by atoms with E-state index in [2.05, 4.69) is 41.8 Å². The minimum atomic E-state index is -0.375. The molecular formula is C11H7BrN6OS. The SMILES string of the molecule is O=C(Nc1nncs1)c1cn(-c2ccccc2Br)nn1. The van der Waals surface area contributed by atoms with Crippen molar-refractivity contribution >= 4 is 38.3 Å². The molecule has 100 valence electrons. The Morgan fingerprint density at radius 3 is 2.90 bits per heavy atom. The summed E-state index contributed by atoms with van der Waals surface area (Å²) in [4.78, 5) is 11.9. The number of rotatable bonds is 3. The second-order valence-electron chi connectivity index (χ2n) is 3.70. The van der Waals surface area contributed by atoms with Crippen LogP contribution < -0.4 is 5.32 Å². The van der Waals surface area contributed by atoms with E-state index in [1.165, 1.54) is 21.5 Å². The van der Waals surface area contributed by atoms with Crippen molar-refractivity contribution in [3.05, 3.63) is 46.1 Å². The van der Waals surface area contributed by atoms with E-state index in [0.29, 0.717) is 5.13 Å². The van der Waals surface area contributed by atoms with Crippen LogP contribution in [-0.4, -0.2) is 31.1 Å². The summed E-state index contributed by atoms with van der Waals surface area (Å²) in [6, 6.07) is 7.53. The van der Waals surface area contributed by atoms with Crippen LogP contribution in [0.4, 0.5) is 5.13 Å². The monoisotopic (exact) mass is 350 g/mol. The fourth-order valence-corrected chi connectivity index (χ4v) is 2.42. The Balaban J connectivity index is 1.83. The van der Waals surface area contributed by atoms with Gasteiger partial charge in [-0.25, -0.2) is 4.68 Å². The third kappa shape index (κ3) is 2.58. The maximum Gasteiger partial charge on any atom is 0.279 e. The van der Waals surface area contributed by atoms with E-state index in [4.69, 9.17) is 0 Å².